The maximum Gasteiger partial charge on any atom is 0.0847 e. The molecule has 0 unspecified atom stereocenters. The zero-order valence-electron chi connectivity index (χ0n) is 8.85. The van der Waals surface area contributed by atoms with Crippen LogP contribution in [0.2, 0.25) is 0 Å². The van der Waals surface area contributed by atoms with Gasteiger partial charge in [0, 0.05) is 39.6 Å². The normalized spacial score (nSPS) is 15.6. The monoisotopic (exact) mass is 194 g/mol. The fourth-order valence-corrected chi connectivity index (χ4v) is 1.19. The highest BCUT2D eigenvalue weighted by Crippen LogP contribution is 2.15. The Morgan fingerprint density at radius 1 is 1.36 bits per heavy atom. The molecule has 14 heavy (non-hydrogen) atoms. The van der Waals surface area contributed by atoms with Crippen molar-refractivity contribution in [3.8, 4) is 0 Å². The van der Waals surface area contributed by atoms with E-state index in [-0.39, 0.29) is 0 Å². The van der Waals surface area contributed by atoms with Crippen LogP contribution in [-0.4, -0.2) is 51.3 Å². The Labute approximate surface area is 85.4 Å². The van der Waals surface area contributed by atoms with Crippen LogP contribution in [0, 0.1) is 5.92 Å². The van der Waals surface area contributed by atoms with Gasteiger partial charge in [-0.2, -0.15) is 0 Å². The smallest absolute Gasteiger partial charge is 0.0847 e. The Morgan fingerprint density at radius 2 is 2.14 bits per heavy atom. The van der Waals surface area contributed by atoms with Crippen LogP contribution in [0.1, 0.15) is 0 Å². The van der Waals surface area contributed by atoms with Gasteiger partial charge >= 0.3 is 0 Å². The van der Waals surface area contributed by atoms with Gasteiger partial charge in [0.2, 0.25) is 0 Å². The molecule has 0 aliphatic heterocycles. The summed E-state index contributed by atoms with van der Waals surface area (Å²) in [5.41, 5.74) is 0. The molecule has 0 amide bonds. The highest BCUT2D eigenvalue weighted by atomic mass is 15.2. The summed E-state index contributed by atoms with van der Waals surface area (Å²) in [5.74, 6) is 0.660. The van der Waals surface area contributed by atoms with Gasteiger partial charge in [-0.15, -0.1) is 0 Å². The largest absolute Gasteiger partial charge is 0.375 e. The molecule has 78 valence electrons. The number of nitrogens with one attached hydrogen (secondary N) is 1. The molecule has 0 bridgehead atoms. The number of hydrogen-bond donors (Lipinski definition) is 1. The number of nitrogens with zero attached hydrogens (tertiary/aromatic N) is 3. The van der Waals surface area contributed by atoms with Crippen LogP contribution in [0.15, 0.2) is 22.1 Å². The van der Waals surface area contributed by atoms with E-state index in [9.17, 15) is 0 Å². The molecule has 0 aromatic rings. The van der Waals surface area contributed by atoms with E-state index in [1.54, 1.807) is 20.4 Å². The van der Waals surface area contributed by atoms with E-state index < -0.39 is 0 Å². The van der Waals surface area contributed by atoms with E-state index in [1.807, 2.05) is 6.34 Å². The molecule has 0 spiro atoms. The predicted octanol–water partition coefficient (Wildman–Crippen LogP) is 0.380. The topological polar surface area (TPSA) is 40.0 Å². The maximum atomic E-state index is 4.03. The lowest BCUT2D eigenvalue weighted by molar-refractivity contribution is 0.424. The summed E-state index contributed by atoms with van der Waals surface area (Å²) in [7, 11) is 3.56. The quantitative estimate of drug-likeness (QED) is 0.275. The Kier molecular flexibility index (Phi) is 4.75. The van der Waals surface area contributed by atoms with Gasteiger partial charge in [-0.3, -0.25) is 9.98 Å². The summed E-state index contributed by atoms with van der Waals surface area (Å²) < 4.78 is 0. The molecule has 4 heteroatoms. The molecule has 0 saturated carbocycles. The zero-order chi connectivity index (χ0) is 10.2. The third-order valence-electron chi connectivity index (χ3n) is 1.95. The lowest BCUT2D eigenvalue weighted by Gasteiger charge is -2.18. The molecule has 0 saturated heterocycles. The molecule has 1 rings (SSSR count). The molecule has 0 aromatic heterocycles. The first-order chi connectivity index (χ1) is 6.86. The fourth-order valence-electron chi connectivity index (χ4n) is 1.19. The van der Waals surface area contributed by atoms with E-state index in [1.165, 1.54) is 0 Å². The van der Waals surface area contributed by atoms with Crippen molar-refractivity contribution in [1.82, 2.24) is 10.2 Å². The molecule has 0 fully saturated rings. The SMILES string of the molecule is CN=CNCCN(C=NC)CC1C=C1. The summed E-state index contributed by atoms with van der Waals surface area (Å²) >= 11 is 0. The summed E-state index contributed by atoms with van der Waals surface area (Å²) in [6, 6.07) is 0. The zero-order valence-corrected chi connectivity index (χ0v) is 8.85. The van der Waals surface area contributed by atoms with Gasteiger partial charge in [0.05, 0.1) is 12.7 Å². The Balaban J connectivity index is 2.13. The second-order valence-electron chi connectivity index (χ2n) is 3.26. The second kappa shape index (κ2) is 6.18. The molecule has 1 aliphatic rings. The Morgan fingerprint density at radius 3 is 2.71 bits per heavy atom. The first-order valence-electron chi connectivity index (χ1n) is 4.85. The van der Waals surface area contributed by atoms with Crippen LogP contribution in [0.4, 0.5) is 0 Å². The number of aliphatic imine (C=N–C) groups is 2. The van der Waals surface area contributed by atoms with Crippen LogP contribution in [0.3, 0.4) is 0 Å². The molecular formula is C10H18N4. The summed E-state index contributed by atoms with van der Waals surface area (Å²) in [4.78, 5) is 10.1. The standard InChI is InChI=1S/C10H18N4/c1-11-8-13-5-6-14(9-12-2)7-10-3-4-10/h3-4,8-10H,5-7H2,1-2H3,(H,11,13). The van der Waals surface area contributed by atoms with Crippen molar-refractivity contribution in [2.24, 2.45) is 15.9 Å². The Hall–Kier alpha value is -1.32. The van der Waals surface area contributed by atoms with Gasteiger partial charge in [0.15, 0.2) is 0 Å². The molecular weight excluding hydrogens is 176 g/mol. The van der Waals surface area contributed by atoms with Crippen molar-refractivity contribution in [3.63, 3.8) is 0 Å². The lowest BCUT2D eigenvalue weighted by atomic mass is 10.3. The molecule has 4 nitrogen and oxygen atoms in total. The van der Waals surface area contributed by atoms with Gasteiger partial charge in [-0.1, -0.05) is 12.2 Å². The summed E-state index contributed by atoms with van der Waals surface area (Å²) in [6.07, 6.45) is 8.02. The third-order valence-corrected chi connectivity index (χ3v) is 1.95. The second-order valence-corrected chi connectivity index (χ2v) is 3.26. The van der Waals surface area contributed by atoms with Gasteiger partial charge in [0.1, 0.15) is 0 Å². The van der Waals surface area contributed by atoms with Crippen molar-refractivity contribution in [1.29, 1.82) is 0 Å². The highest BCUT2D eigenvalue weighted by Gasteiger charge is 2.13. The van der Waals surface area contributed by atoms with E-state index in [0.717, 1.165) is 19.6 Å². The number of rotatable bonds is 7. The van der Waals surface area contributed by atoms with Crippen molar-refractivity contribution < 1.29 is 0 Å². The molecule has 0 radical (unpaired) electrons. The predicted molar refractivity (Wildman–Crippen MR) is 61.0 cm³/mol. The van der Waals surface area contributed by atoms with Crippen LogP contribution in [0.25, 0.3) is 0 Å². The molecule has 1 aliphatic carbocycles. The van der Waals surface area contributed by atoms with Gasteiger partial charge in [-0.05, 0) is 0 Å². The van der Waals surface area contributed by atoms with E-state index >= 15 is 0 Å². The molecule has 0 heterocycles. The van der Waals surface area contributed by atoms with Crippen molar-refractivity contribution >= 4 is 12.7 Å². The molecule has 0 aromatic carbocycles. The number of hydrogen-bond acceptors (Lipinski definition) is 2. The average molecular weight is 194 g/mol. The van der Waals surface area contributed by atoms with Crippen LogP contribution >= 0.6 is 0 Å². The summed E-state index contributed by atoms with van der Waals surface area (Å²) in [5, 5.41) is 3.10. The average Bonchev–Trinajstić information content (AvgIpc) is 2.96. The lowest BCUT2D eigenvalue weighted by Crippen LogP contribution is -2.32. The third kappa shape index (κ3) is 4.64. The fraction of sp³-hybridized carbons (Fsp3) is 0.600. The van der Waals surface area contributed by atoms with E-state index in [0.29, 0.717) is 5.92 Å². The maximum absolute atomic E-state index is 4.03. The minimum atomic E-state index is 0.660. The Bertz CT molecular complexity index is 226. The van der Waals surface area contributed by atoms with Crippen LogP contribution in [-0.2, 0) is 0 Å². The van der Waals surface area contributed by atoms with Crippen LogP contribution in [0.5, 0.6) is 0 Å². The van der Waals surface area contributed by atoms with Crippen LogP contribution < -0.4 is 5.32 Å². The molecule has 0 atom stereocenters. The van der Waals surface area contributed by atoms with Gasteiger partial charge < -0.3 is 10.2 Å². The first-order valence-corrected chi connectivity index (χ1v) is 4.85. The van der Waals surface area contributed by atoms with E-state index in [2.05, 4.69) is 32.4 Å². The van der Waals surface area contributed by atoms with Crippen molar-refractivity contribution in [3.05, 3.63) is 12.2 Å². The minimum Gasteiger partial charge on any atom is -0.375 e. The van der Waals surface area contributed by atoms with Crippen molar-refractivity contribution in [2.45, 2.75) is 0 Å². The van der Waals surface area contributed by atoms with Crippen molar-refractivity contribution in [2.75, 3.05) is 33.7 Å². The van der Waals surface area contributed by atoms with E-state index in [4.69, 9.17) is 0 Å². The molecule has 1 N–H and O–H groups in total. The van der Waals surface area contributed by atoms with Gasteiger partial charge in [0.25, 0.3) is 0 Å². The first kappa shape index (κ1) is 10.8. The highest BCUT2D eigenvalue weighted by molar-refractivity contribution is 5.56. The summed E-state index contributed by atoms with van der Waals surface area (Å²) in [6.45, 7) is 2.90. The van der Waals surface area contributed by atoms with Gasteiger partial charge in [-0.25, -0.2) is 0 Å². The minimum absolute atomic E-state index is 0.660.